The van der Waals surface area contributed by atoms with Crippen LogP contribution in [-0.4, -0.2) is 38.7 Å². The Bertz CT molecular complexity index is 1260. The smallest absolute Gasteiger partial charge is 0.319 e. The number of nitrogens with one attached hydrogen (secondary N) is 2. The number of benzene rings is 2. The summed E-state index contributed by atoms with van der Waals surface area (Å²) in [7, 11) is 1.71. The molecule has 32 heavy (non-hydrogen) atoms. The zero-order chi connectivity index (χ0) is 23.0. The van der Waals surface area contributed by atoms with Crippen molar-refractivity contribution in [3.63, 3.8) is 0 Å². The van der Waals surface area contributed by atoms with Gasteiger partial charge in [0.2, 0.25) is 5.91 Å². The maximum atomic E-state index is 13.0. The van der Waals surface area contributed by atoms with E-state index < -0.39 is 35.5 Å². The molecule has 0 spiro atoms. The number of carbonyl (C=O) groups excluding carboxylic acids is 3. The summed E-state index contributed by atoms with van der Waals surface area (Å²) in [6, 6.07) is 17.2. The van der Waals surface area contributed by atoms with Crippen LogP contribution in [0.5, 0.6) is 0 Å². The van der Waals surface area contributed by atoms with Crippen molar-refractivity contribution in [3.8, 4) is 5.69 Å². The molecule has 1 aliphatic rings. The average molecular weight is 433 g/mol. The van der Waals surface area contributed by atoms with Crippen LogP contribution in [0.1, 0.15) is 18.2 Å². The zero-order valence-electron chi connectivity index (χ0n) is 18.0. The number of carbonyl (C=O) groups is 3. The van der Waals surface area contributed by atoms with Crippen LogP contribution < -0.4 is 16.2 Å². The quantitative estimate of drug-likeness (QED) is 0.600. The Morgan fingerprint density at radius 1 is 1.00 bits per heavy atom. The first kappa shape index (κ1) is 21.1. The first-order valence-corrected chi connectivity index (χ1v) is 10.1. The normalized spacial score (nSPS) is 18.0. The summed E-state index contributed by atoms with van der Waals surface area (Å²) >= 11 is 0. The lowest BCUT2D eigenvalue weighted by molar-refractivity contribution is -0.133. The zero-order valence-corrected chi connectivity index (χ0v) is 18.0. The third kappa shape index (κ3) is 3.37. The number of urea groups is 1. The maximum absolute atomic E-state index is 13.0. The van der Waals surface area contributed by atoms with Gasteiger partial charge in [0, 0.05) is 7.05 Å². The number of imide groups is 1. The number of hydrogen-bond donors (Lipinski definition) is 2. The van der Waals surface area contributed by atoms with Crippen LogP contribution in [0.2, 0.25) is 0 Å². The Balaban J connectivity index is 1.56. The maximum Gasteiger partial charge on any atom is 0.325 e. The van der Waals surface area contributed by atoms with E-state index in [1.165, 1.54) is 4.68 Å². The van der Waals surface area contributed by atoms with Crippen LogP contribution in [0, 0.1) is 6.92 Å². The SMILES string of the molecule is Cc1c(NC(=O)CN2C(=O)N[C@](C)(c3ccccc3)C2=O)c(=O)n(-c2ccccc2)n1C. The highest BCUT2D eigenvalue weighted by molar-refractivity contribution is 6.10. The lowest BCUT2D eigenvalue weighted by Gasteiger charge is -2.22. The molecule has 1 aromatic heterocycles. The minimum atomic E-state index is -1.26. The Hall–Kier alpha value is -4.14. The van der Waals surface area contributed by atoms with Crippen molar-refractivity contribution in [3.05, 3.63) is 82.3 Å². The Kier molecular flexibility index (Phi) is 5.17. The van der Waals surface area contributed by atoms with Crippen molar-refractivity contribution in [1.29, 1.82) is 0 Å². The van der Waals surface area contributed by atoms with E-state index in [0.29, 0.717) is 16.9 Å². The van der Waals surface area contributed by atoms with Crippen molar-refractivity contribution < 1.29 is 14.4 Å². The van der Waals surface area contributed by atoms with E-state index in [1.54, 1.807) is 62.0 Å². The molecule has 2 aromatic carbocycles. The molecule has 1 atom stereocenters. The van der Waals surface area contributed by atoms with Gasteiger partial charge in [0.25, 0.3) is 11.5 Å². The van der Waals surface area contributed by atoms with Gasteiger partial charge >= 0.3 is 6.03 Å². The number of amides is 4. The summed E-state index contributed by atoms with van der Waals surface area (Å²) in [6.45, 7) is 2.79. The molecule has 9 heteroatoms. The predicted octanol–water partition coefficient (Wildman–Crippen LogP) is 1.89. The molecule has 0 aliphatic carbocycles. The van der Waals surface area contributed by atoms with Crippen LogP contribution in [0.4, 0.5) is 10.5 Å². The molecule has 3 aromatic rings. The van der Waals surface area contributed by atoms with Gasteiger partial charge in [0.1, 0.15) is 17.8 Å². The second kappa shape index (κ2) is 7.84. The average Bonchev–Trinajstić information content (AvgIpc) is 3.14. The van der Waals surface area contributed by atoms with Gasteiger partial charge in [-0.2, -0.15) is 0 Å². The van der Waals surface area contributed by atoms with Crippen molar-refractivity contribution in [1.82, 2.24) is 19.6 Å². The first-order chi connectivity index (χ1) is 15.2. The Labute approximate surface area is 184 Å². The molecular formula is C23H23N5O4. The van der Waals surface area contributed by atoms with Gasteiger partial charge in [-0.15, -0.1) is 0 Å². The highest BCUT2D eigenvalue weighted by Gasteiger charge is 2.49. The fourth-order valence-corrected chi connectivity index (χ4v) is 3.84. The molecular weight excluding hydrogens is 410 g/mol. The highest BCUT2D eigenvalue weighted by Crippen LogP contribution is 2.28. The minimum Gasteiger partial charge on any atom is -0.319 e. The molecule has 2 N–H and O–H groups in total. The second-order valence-electron chi connectivity index (χ2n) is 7.80. The van der Waals surface area contributed by atoms with Gasteiger partial charge in [-0.05, 0) is 31.5 Å². The van der Waals surface area contributed by atoms with Gasteiger partial charge in [-0.25, -0.2) is 9.48 Å². The summed E-state index contributed by atoms with van der Waals surface area (Å²) in [4.78, 5) is 52.0. The number of nitrogens with zero attached hydrogens (tertiary/aromatic N) is 3. The molecule has 1 saturated heterocycles. The van der Waals surface area contributed by atoms with Crippen LogP contribution in [-0.2, 0) is 22.2 Å². The second-order valence-corrected chi connectivity index (χ2v) is 7.80. The van der Waals surface area contributed by atoms with E-state index >= 15 is 0 Å². The predicted molar refractivity (Wildman–Crippen MR) is 118 cm³/mol. The third-order valence-corrected chi connectivity index (χ3v) is 5.75. The van der Waals surface area contributed by atoms with E-state index in [0.717, 1.165) is 4.90 Å². The topological polar surface area (TPSA) is 105 Å². The monoisotopic (exact) mass is 433 g/mol. The Morgan fingerprint density at radius 3 is 2.22 bits per heavy atom. The third-order valence-electron chi connectivity index (χ3n) is 5.75. The Morgan fingerprint density at radius 2 is 1.59 bits per heavy atom. The van der Waals surface area contributed by atoms with Crippen LogP contribution >= 0.6 is 0 Å². The number of aromatic nitrogens is 2. The number of anilines is 1. The number of hydrogen-bond acceptors (Lipinski definition) is 4. The summed E-state index contributed by atoms with van der Waals surface area (Å²) in [6.07, 6.45) is 0. The molecule has 4 rings (SSSR count). The highest BCUT2D eigenvalue weighted by atomic mass is 16.2. The van der Waals surface area contributed by atoms with Crippen LogP contribution in [0.15, 0.2) is 65.5 Å². The van der Waals surface area contributed by atoms with Gasteiger partial charge in [-0.1, -0.05) is 48.5 Å². The molecule has 1 fully saturated rings. The van der Waals surface area contributed by atoms with E-state index in [4.69, 9.17) is 0 Å². The van der Waals surface area contributed by atoms with Gasteiger partial charge in [-0.3, -0.25) is 24.0 Å². The van der Waals surface area contributed by atoms with E-state index in [-0.39, 0.29) is 5.69 Å². The molecule has 0 unspecified atom stereocenters. The largest absolute Gasteiger partial charge is 0.325 e. The molecule has 0 bridgehead atoms. The molecule has 0 radical (unpaired) electrons. The van der Waals surface area contributed by atoms with Gasteiger partial charge in [0.15, 0.2) is 0 Å². The molecule has 0 saturated carbocycles. The summed E-state index contributed by atoms with van der Waals surface area (Å²) in [5, 5.41) is 5.24. The van der Waals surface area contributed by atoms with E-state index in [2.05, 4.69) is 10.6 Å². The lowest BCUT2D eigenvalue weighted by Crippen LogP contribution is -2.42. The number of rotatable bonds is 5. The molecule has 4 amide bonds. The number of para-hydroxylation sites is 1. The first-order valence-electron chi connectivity index (χ1n) is 10.1. The van der Waals surface area contributed by atoms with Gasteiger partial charge in [0.05, 0.1) is 11.4 Å². The van der Waals surface area contributed by atoms with E-state index in [9.17, 15) is 19.2 Å². The summed E-state index contributed by atoms with van der Waals surface area (Å²) < 4.78 is 3.07. The standard InChI is InChI=1S/C23H23N5O4/c1-15-19(20(30)28(26(15)3)17-12-8-5-9-13-17)24-18(29)14-27-21(31)23(2,25-22(27)32)16-10-6-4-7-11-16/h4-13H,14H2,1-3H3,(H,24,29)(H,25,32)/t23-/m1/s1. The molecule has 2 heterocycles. The lowest BCUT2D eigenvalue weighted by atomic mass is 9.92. The van der Waals surface area contributed by atoms with Crippen molar-refractivity contribution in [2.75, 3.05) is 11.9 Å². The fraction of sp³-hybridized carbons (Fsp3) is 0.217. The molecule has 164 valence electrons. The van der Waals surface area contributed by atoms with Crippen LogP contribution in [0.25, 0.3) is 5.69 Å². The molecule has 1 aliphatic heterocycles. The van der Waals surface area contributed by atoms with Gasteiger partial charge < -0.3 is 10.6 Å². The minimum absolute atomic E-state index is 0.0965. The van der Waals surface area contributed by atoms with Crippen molar-refractivity contribution in [2.24, 2.45) is 7.05 Å². The fourth-order valence-electron chi connectivity index (χ4n) is 3.84. The summed E-state index contributed by atoms with van der Waals surface area (Å²) in [5.41, 5.74) is 0.234. The summed E-state index contributed by atoms with van der Waals surface area (Å²) in [5.74, 6) is -1.17. The van der Waals surface area contributed by atoms with Crippen molar-refractivity contribution in [2.45, 2.75) is 19.4 Å². The molecule has 9 nitrogen and oxygen atoms in total. The van der Waals surface area contributed by atoms with E-state index in [1.807, 2.05) is 24.3 Å². The van der Waals surface area contributed by atoms with Crippen molar-refractivity contribution >= 4 is 23.5 Å². The van der Waals surface area contributed by atoms with Crippen LogP contribution in [0.3, 0.4) is 0 Å².